The van der Waals surface area contributed by atoms with Crippen LogP contribution in [0.25, 0.3) is 0 Å². The van der Waals surface area contributed by atoms with Crippen LogP contribution >= 0.6 is 0 Å². The van der Waals surface area contributed by atoms with E-state index < -0.39 is 10.8 Å². The summed E-state index contributed by atoms with van der Waals surface area (Å²) in [6.07, 6.45) is 0. The molecule has 0 aliphatic carbocycles. The molecule has 17 heavy (non-hydrogen) atoms. The Kier molecular flexibility index (Phi) is 5.82. The predicted molar refractivity (Wildman–Crippen MR) is 71.9 cm³/mol. The molecule has 4 heteroatoms. The lowest BCUT2D eigenvalue weighted by atomic mass is 10.2. The summed E-state index contributed by atoms with van der Waals surface area (Å²) in [5, 5.41) is 3.12. The van der Waals surface area contributed by atoms with Crippen LogP contribution in [0, 0.1) is 13.8 Å². The van der Waals surface area contributed by atoms with Crippen LogP contribution < -0.4 is 5.32 Å². The number of hydrogen-bond donors (Lipinski definition) is 1. The summed E-state index contributed by atoms with van der Waals surface area (Å²) in [5.41, 5.74) is 2.23. The second kappa shape index (κ2) is 6.89. The first kappa shape index (κ1) is 14.4. The third-order valence-electron chi connectivity index (χ3n) is 2.72. The Bertz CT molecular complexity index is 393. The van der Waals surface area contributed by atoms with E-state index in [1.165, 1.54) is 0 Å². The van der Waals surface area contributed by atoms with E-state index in [0.29, 0.717) is 12.4 Å². The van der Waals surface area contributed by atoms with Gasteiger partial charge in [0.2, 0.25) is 0 Å². The molecule has 3 nitrogen and oxygen atoms in total. The molecule has 1 aromatic rings. The SMILES string of the molecule is CNC(COC)CS(=O)c1cc(C)ccc1C. The topological polar surface area (TPSA) is 38.3 Å². The van der Waals surface area contributed by atoms with Gasteiger partial charge in [0.05, 0.1) is 17.4 Å². The number of aryl methyl sites for hydroxylation is 2. The van der Waals surface area contributed by atoms with Gasteiger partial charge in [-0.25, -0.2) is 0 Å². The maximum Gasteiger partial charge on any atom is 0.0624 e. The average molecular weight is 255 g/mol. The zero-order valence-corrected chi connectivity index (χ0v) is 11.8. The van der Waals surface area contributed by atoms with Gasteiger partial charge in [-0.15, -0.1) is 0 Å². The molecule has 0 amide bonds. The number of ether oxygens (including phenoxy) is 1. The molecule has 0 saturated heterocycles. The maximum atomic E-state index is 12.3. The summed E-state index contributed by atoms with van der Waals surface area (Å²) in [6, 6.07) is 6.19. The van der Waals surface area contributed by atoms with Crippen molar-refractivity contribution in [3.63, 3.8) is 0 Å². The van der Waals surface area contributed by atoms with Crippen molar-refractivity contribution in [3.05, 3.63) is 29.3 Å². The monoisotopic (exact) mass is 255 g/mol. The molecule has 0 radical (unpaired) electrons. The van der Waals surface area contributed by atoms with Crippen molar-refractivity contribution >= 4 is 10.8 Å². The van der Waals surface area contributed by atoms with E-state index in [9.17, 15) is 4.21 Å². The molecule has 0 heterocycles. The first-order chi connectivity index (χ1) is 8.08. The van der Waals surface area contributed by atoms with Gasteiger partial charge in [0.1, 0.15) is 0 Å². The minimum absolute atomic E-state index is 0.126. The molecule has 0 saturated carbocycles. The van der Waals surface area contributed by atoms with Gasteiger partial charge in [-0.05, 0) is 38.1 Å². The maximum absolute atomic E-state index is 12.3. The summed E-state index contributed by atoms with van der Waals surface area (Å²) >= 11 is 0. The lowest BCUT2D eigenvalue weighted by Gasteiger charge is -2.15. The predicted octanol–water partition coefficient (Wildman–Crippen LogP) is 1.65. The summed E-state index contributed by atoms with van der Waals surface area (Å²) in [7, 11) is 2.54. The van der Waals surface area contributed by atoms with E-state index >= 15 is 0 Å². The molecule has 0 bridgehead atoms. The number of likely N-dealkylation sites (N-methyl/N-ethyl adjacent to an activating group) is 1. The van der Waals surface area contributed by atoms with E-state index in [4.69, 9.17) is 4.74 Å². The standard InChI is InChI=1S/C13H21NO2S/c1-10-5-6-11(2)13(7-10)17(15)9-12(14-3)8-16-4/h5-7,12,14H,8-9H2,1-4H3. The van der Waals surface area contributed by atoms with Gasteiger partial charge in [0.15, 0.2) is 0 Å². The van der Waals surface area contributed by atoms with Crippen molar-refractivity contribution in [3.8, 4) is 0 Å². The van der Waals surface area contributed by atoms with Crippen LogP contribution in [0.1, 0.15) is 11.1 Å². The van der Waals surface area contributed by atoms with Crippen molar-refractivity contribution in [1.29, 1.82) is 0 Å². The Morgan fingerprint density at radius 3 is 2.71 bits per heavy atom. The molecule has 0 aliphatic heterocycles. The van der Waals surface area contributed by atoms with Crippen molar-refractivity contribution < 1.29 is 8.95 Å². The van der Waals surface area contributed by atoms with Crippen LogP contribution in [0.15, 0.2) is 23.1 Å². The van der Waals surface area contributed by atoms with Crippen LogP contribution in [0.4, 0.5) is 0 Å². The van der Waals surface area contributed by atoms with E-state index in [1.807, 2.05) is 39.1 Å². The first-order valence-electron chi connectivity index (χ1n) is 5.70. The number of hydrogen-bond acceptors (Lipinski definition) is 3. The Morgan fingerprint density at radius 2 is 2.12 bits per heavy atom. The van der Waals surface area contributed by atoms with E-state index in [0.717, 1.165) is 16.0 Å². The Labute approximate surface area is 106 Å². The van der Waals surface area contributed by atoms with Crippen LogP contribution in [0.5, 0.6) is 0 Å². The molecule has 2 atom stereocenters. The van der Waals surface area contributed by atoms with Crippen molar-refractivity contribution in [1.82, 2.24) is 5.32 Å². The fourth-order valence-electron chi connectivity index (χ4n) is 1.64. The third-order valence-corrected chi connectivity index (χ3v) is 4.35. The van der Waals surface area contributed by atoms with Gasteiger partial charge >= 0.3 is 0 Å². The van der Waals surface area contributed by atoms with Gasteiger partial charge in [-0.1, -0.05) is 12.1 Å². The minimum atomic E-state index is -0.979. The Balaban J connectivity index is 2.78. The quantitative estimate of drug-likeness (QED) is 0.840. The number of nitrogens with one attached hydrogen (secondary N) is 1. The lowest BCUT2D eigenvalue weighted by Crippen LogP contribution is -2.35. The molecular weight excluding hydrogens is 234 g/mol. The van der Waals surface area contributed by atoms with Gasteiger partial charge in [-0.2, -0.15) is 0 Å². The molecule has 0 aliphatic rings. The van der Waals surface area contributed by atoms with Crippen LogP contribution in [-0.2, 0) is 15.5 Å². The van der Waals surface area contributed by atoms with Crippen LogP contribution in [0.2, 0.25) is 0 Å². The smallest absolute Gasteiger partial charge is 0.0624 e. The fourth-order valence-corrected chi connectivity index (χ4v) is 3.19. The third kappa shape index (κ3) is 4.22. The van der Waals surface area contributed by atoms with Crippen molar-refractivity contribution in [2.75, 3.05) is 26.5 Å². The normalized spacial score (nSPS) is 14.6. The number of methoxy groups -OCH3 is 1. The lowest BCUT2D eigenvalue weighted by molar-refractivity contribution is 0.176. The van der Waals surface area contributed by atoms with E-state index in [2.05, 4.69) is 5.32 Å². The van der Waals surface area contributed by atoms with Gasteiger partial charge < -0.3 is 10.1 Å². The highest BCUT2D eigenvalue weighted by Gasteiger charge is 2.14. The first-order valence-corrected chi connectivity index (χ1v) is 7.02. The molecule has 1 N–H and O–H groups in total. The molecule has 96 valence electrons. The molecule has 0 fully saturated rings. The van der Waals surface area contributed by atoms with E-state index in [-0.39, 0.29) is 6.04 Å². The molecule has 1 aromatic carbocycles. The van der Waals surface area contributed by atoms with Crippen LogP contribution in [0.3, 0.4) is 0 Å². The average Bonchev–Trinajstić information content (AvgIpc) is 2.31. The van der Waals surface area contributed by atoms with Crippen molar-refractivity contribution in [2.24, 2.45) is 0 Å². The highest BCUT2D eigenvalue weighted by Crippen LogP contribution is 2.15. The van der Waals surface area contributed by atoms with Gasteiger partial charge in [0.25, 0.3) is 0 Å². The summed E-state index contributed by atoms with van der Waals surface area (Å²) in [6.45, 7) is 4.59. The number of rotatable bonds is 6. The van der Waals surface area contributed by atoms with Gasteiger partial charge in [-0.3, -0.25) is 4.21 Å². The minimum Gasteiger partial charge on any atom is -0.383 e. The summed E-state index contributed by atoms with van der Waals surface area (Å²) < 4.78 is 17.4. The van der Waals surface area contributed by atoms with Crippen LogP contribution in [-0.4, -0.2) is 36.8 Å². The molecule has 0 aromatic heterocycles. The Morgan fingerprint density at radius 1 is 1.41 bits per heavy atom. The Hall–Kier alpha value is -0.710. The summed E-state index contributed by atoms with van der Waals surface area (Å²) in [5.74, 6) is 0.578. The van der Waals surface area contributed by atoms with Gasteiger partial charge in [0, 0.05) is 23.8 Å². The zero-order chi connectivity index (χ0) is 12.8. The molecule has 2 unspecified atom stereocenters. The molecule has 0 spiro atoms. The second-order valence-corrected chi connectivity index (χ2v) is 5.69. The fraction of sp³-hybridized carbons (Fsp3) is 0.538. The molecular formula is C13H21NO2S. The second-order valence-electron chi connectivity index (χ2n) is 4.22. The molecule has 1 rings (SSSR count). The summed E-state index contributed by atoms with van der Waals surface area (Å²) in [4.78, 5) is 0.932. The largest absolute Gasteiger partial charge is 0.383 e. The number of benzene rings is 1. The van der Waals surface area contributed by atoms with Crippen molar-refractivity contribution in [2.45, 2.75) is 24.8 Å². The highest BCUT2D eigenvalue weighted by atomic mass is 32.2. The zero-order valence-electron chi connectivity index (χ0n) is 10.9. The van der Waals surface area contributed by atoms with E-state index in [1.54, 1.807) is 7.11 Å². The highest BCUT2D eigenvalue weighted by molar-refractivity contribution is 7.85.